The molecule has 2 rings (SSSR count). The molecule has 0 aromatic heterocycles. The summed E-state index contributed by atoms with van der Waals surface area (Å²) in [5, 5.41) is 0. The third kappa shape index (κ3) is 2.83. The summed E-state index contributed by atoms with van der Waals surface area (Å²) < 4.78 is 5.87. The summed E-state index contributed by atoms with van der Waals surface area (Å²) in [4.78, 5) is 2.91. The summed E-state index contributed by atoms with van der Waals surface area (Å²) >= 11 is 11.5. The van der Waals surface area contributed by atoms with Gasteiger partial charge in [-0.1, -0.05) is 47.0 Å². The summed E-state index contributed by atoms with van der Waals surface area (Å²) in [6.07, 6.45) is 4.33. The van der Waals surface area contributed by atoms with Gasteiger partial charge in [0.05, 0.1) is 16.9 Å². The predicted molar refractivity (Wildman–Crippen MR) is 89.8 cm³/mol. The molecule has 0 spiro atoms. The van der Waals surface area contributed by atoms with Crippen LogP contribution in [0.4, 0.5) is 0 Å². The Kier molecular flexibility index (Phi) is 5.13. The van der Waals surface area contributed by atoms with Crippen LogP contribution >= 0.6 is 70.6 Å². The normalized spacial score (nSPS) is 21.8. The largest absolute Gasteiger partial charge is 0.121 e. The zero-order valence-electron chi connectivity index (χ0n) is 9.45. The molecule has 0 atom stereocenters. The molecule has 2 heterocycles. The van der Waals surface area contributed by atoms with Gasteiger partial charge in [-0.25, -0.2) is 0 Å². The molecule has 0 aromatic rings. The van der Waals surface area contributed by atoms with E-state index in [9.17, 15) is 0 Å². The molecule has 2 aliphatic rings. The molecule has 88 valence electrons. The molecule has 0 saturated heterocycles. The van der Waals surface area contributed by atoms with E-state index >= 15 is 0 Å². The summed E-state index contributed by atoms with van der Waals surface area (Å²) in [6.45, 7) is 4.42. The monoisotopic (exact) mass is 324 g/mol. The highest BCUT2D eigenvalue weighted by Crippen LogP contribution is 2.62. The highest BCUT2D eigenvalue weighted by molar-refractivity contribution is 8.42. The fraction of sp³-hybridized carbons (Fsp3) is 0.400. The third-order valence-corrected chi connectivity index (χ3v) is 10.4. The van der Waals surface area contributed by atoms with Gasteiger partial charge in [0, 0.05) is 0 Å². The van der Waals surface area contributed by atoms with E-state index in [0.29, 0.717) is 0 Å². The van der Waals surface area contributed by atoms with Crippen LogP contribution in [0, 0.1) is 0 Å². The average Bonchev–Trinajstić information content (AvgIpc) is 2.83. The SMILES string of the molecule is CSC1=C(SC)SC(=C2SC(C)=C(C)S2)S1. The summed E-state index contributed by atoms with van der Waals surface area (Å²) in [5.41, 5.74) is 0. The van der Waals surface area contributed by atoms with E-state index in [1.807, 2.05) is 70.6 Å². The maximum absolute atomic E-state index is 2.21. The van der Waals surface area contributed by atoms with Crippen LogP contribution < -0.4 is 0 Å². The lowest BCUT2D eigenvalue weighted by Gasteiger charge is -2.01. The van der Waals surface area contributed by atoms with E-state index < -0.39 is 0 Å². The fourth-order valence-electron chi connectivity index (χ4n) is 1.13. The second-order valence-electron chi connectivity index (χ2n) is 3.08. The van der Waals surface area contributed by atoms with Crippen molar-refractivity contribution in [2.45, 2.75) is 13.8 Å². The maximum Gasteiger partial charge on any atom is 0.0717 e. The van der Waals surface area contributed by atoms with E-state index in [0.717, 1.165) is 0 Å². The molecule has 16 heavy (non-hydrogen) atoms. The first kappa shape index (κ1) is 13.7. The molecule has 2 aliphatic heterocycles. The maximum atomic E-state index is 2.21. The lowest BCUT2D eigenvalue weighted by molar-refractivity contribution is 1.57. The standard InChI is InChI=1S/C10H12S6/c1-5-6(2)14-9(13-5)10-15-7(11-3)8(12-4)16-10/h1-4H3. The van der Waals surface area contributed by atoms with Crippen LogP contribution in [-0.4, -0.2) is 12.5 Å². The zero-order valence-corrected chi connectivity index (χ0v) is 14.3. The van der Waals surface area contributed by atoms with E-state index in [4.69, 9.17) is 0 Å². The average molecular weight is 325 g/mol. The molecular weight excluding hydrogens is 313 g/mol. The Bertz CT molecular complexity index is 370. The Morgan fingerprint density at radius 1 is 0.688 bits per heavy atom. The van der Waals surface area contributed by atoms with Crippen molar-refractivity contribution in [3.8, 4) is 0 Å². The van der Waals surface area contributed by atoms with Gasteiger partial charge in [-0.2, -0.15) is 0 Å². The third-order valence-electron chi connectivity index (χ3n) is 2.06. The van der Waals surface area contributed by atoms with Gasteiger partial charge in [0.1, 0.15) is 0 Å². The minimum Gasteiger partial charge on any atom is -0.121 e. The van der Waals surface area contributed by atoms with Gasteiger partial charge in [0.15, 0.2) is 0 Å². The van der Waals surface area contributed by atoms with E-state index in [1.54, 1.807) is 0 Å². The summed E-state index contributed by atoms with van der Waals surface area (Å²) in [5.74, 6) is 0. The van der Waals surface area contributed by atoms with Crippen molar-refractivity contribution in [3.63, 3.8) is 0 Å². The molecule has 0 radical (unpaired) electrons. The molecule has 0 nitrogen and oxygen atoms in total. The molecular formula is C10H12S6. The van der Waals surface area contributed by atoms with Gasteiger partial charge in [-0.05, 0) is 36.2 Å². The van der Waals surface area contributed by atoms with Crippen LogP contribution in [0.3, 0.4) is 0 Å². The Hall–Kier alpha value is 1.32. The Morgan fingerprint density at radius 3 is 1.44 bits per heavy atom. The van der Waals surface area contributed by atoms with Crippen LogP contribution in [0.1, 0.15) is 13.8 Å². The van der Waals surface area contributed by atoms with Crippen molar-refractivity contribution in [1.82, 2.24) is 0 Å². The van der Waals surface area contributed by atoms with Crippen LogP contribution in [0.5, 0.6) is 0 Å². The molecule has 0 unspecified atom stereocenters. The highest BCUT2D eigenvalue weighted by atomic mass is 32.3. The van der Waals surface area contributed by atoms with E-state index in [2.05, 4.69) is 26.4 Å². The van der Waals surface area contributed by atoms with Gasteiger partial charge >= 0.3 is 0 Å². The van der Waals surface area contributed by atoms with Gasteiger partial charge in [-0.3, -0.25) is 0 Å². The molecule has 6 heteroatoms. The summed E-state index contributed by atoms with van der Waals surface area (Å²) in [6, 6.07) is 0. The lowest BCUT2D eigenvalue weighted by atomic mass is 10.6. The minimum atomic E-state index is 1.46. The van der Waals surface area contributed by atoms with E-state index in [1.165, 1.54) is 26.8 Å². The predicted octanol–water partition coefficient (Wildman–Crippen LogP) is 6.18. The Labute approximate surface area is 123 Å². The Morgan fingerprint density at radius 2 is 1.06 bits per heavy atom. The van der Waals surface area contributed by atoms with Crippen molar-refractivity contribution >= 4 is 70.6 Å². The second-order valence-corrected chi connectivity index (χ2v) is 10.2. The molecule has 0 aromatic carbocycles. The lowest BCUT2D eigenvalue weighted by Crippen LogP contribution is -1.66. The van der Waals surface area contributed by atoms with Gasteiger partial charge < -0.3 is 0 Å². The number of rotatable bonds is 2. The molecule has 0 amide bonds. The first-order valence-electron chi connectivity index (χ1n) is 4.61. The first-order chi connectivity index (χ1) is 7.65. The Balaban J connectivity index is 2.15. The van der Waals surface area contributed by atoms with Gasteiger partial charge in [-0.15, -0.1) is 23.5 Å². The van der Waals surface area contributed by atoms with Crippen LogP contribution in [0.15, 0.2) is 26.8 Å². The number of hydrogen-bond donors (Lipinski definition) is 0. The number of thioether (sulfide) groups is 6. The van der Waals surface area contributed by atoms with Gasteiger partial charge in [0.25, 0.3) is 0 Å². The number of allylic oxidation sites excluding steroid dienone is 2. The van der Waals surface area contributed by atoms with Crippen molar-refractivity contribution in [2.24, 2.45) is 0 Å². The molecule has 0 N–H and O–H groups in total. The van der Waals surface area contributed by atoms with E-state index in [-0.39, 0.29) is 0 Å². The van der Waals surface area contributed by atoms with Gasteiger partial charge in [0.2, 0.25) is 0 Å². The summed E-state index contributed by atoms with van der Waals surface area (Å²) in [7, 11) is 0. The molecule has 0 bridgehead atoms. The quantitative estimate of drug-likeness (QED) is 0.590. The minimum absolute atomic E-state index is 1.46. The smallest absolute Gasteiger partial charge is 0.0717 e. The zero-order chi connectivity index (χ0) is 11.7. The first-order valence-corrected chi connectivity index (χ1v) is 10.3. The fourth-order valence-corrected chi connectivity index (χ4v) is 8.96. The topological polar surface area (TPSA) is 0 Å². The second kappa shape index (κ2) is 5.97. The molecule has 0 aliphatic carbocycles. The number of hydrogen-bond acceptors (Lipinski definition) is 6. The van der Waals surface area contributed by atoms with Crippen LogP contribution in [0.2, 0.25) is 0 Å². The van der Waals surface area contributed by atoms with Crippen molar-refractivity contribution in [1.29, 1.82) is 0 Å². The van der Waals surface area contributed by atoms with Crippen molar-refractivity contribution in [3.05, 3.63) is 26.8 Å². The van der Waals surface area contributed by atoms with Crippen molar-refractivity contribution in [2.75, 3.05) is 12.5 Å². The van der Waals surface area contributed by atoms with Crippen molar-refractivity contribution < 1.29 is 0 Å². The molecule has 0 fully saturated rings. The highest BCUT2D eigenvalue weighted by Gasteiger charge is 2.26. The molecule has 0 saturated carbocycles. The van der Waals surface area contributed by atoms with Crippen LogP contribution in [-0.2, 0) is 0 Å². The van der Waals surface area contributed by atoms with Crippen LogP contribution in [0.25, 0.3) is 0 Å².